The number of imide groups is 1. The standard InChI is InChI=1S/C18H16N2O3/c1-11-4-7-13(8-5-11)20-17(22)14-9-6-12(16(21)19(2)3)10-15(14)18(20)23/h4-10H,1-3H3. The van der Waals surface area contributed by atoms with Crippen molar-refractivity contribution in [3.05, 3.63) is 64.7 Å². The van der Waals surface area contributed by atoms with Crippen molar-refractivity contribution in [2.45, 2.75) is 6.92 Å². The van der Waals surface area contributed by atoms with E-state index in [1.165, 1.54) is 11.0 Å². The van der Waals surface area contributed by atoms with E-state index in [9.17, 15) is 14.4 Å². The van der Waals surface area contributed by atoms with Crippen LogP contribution in [0, 0.1) is 6.92 Å². The minimum atomic E-state index is -0.401. The zero-order valence-corrected chi connectivity index (χ0v) is 13.2. The molecule has 0 saturated carbocycles. The first-order valence-electron chi connectivity index (χ1n) is 7.21. The fraction of sp³-hybridized carbons (Fsp3) is 0.167. The molecule has 1 aliphatic heterocycles. The topological polar surface area (TPSA) is 57.7 Å². The molecule has 0 spiro atoms. The summed E-state index contributed by atoms with van der Waals surface area (Å²) >= 11 is 0. The molecule has 1 aliphatic rings. The maximum Gasteiger partial charge on any atom is 0.266 e. The third-order valence-corrected chi connectivity index (χ3v) is 3.83. The van der Waals surface area contributed by atoms with E-state index >= 15 is 0 Å². The van der Waals surface area contributed by atoms with Gasteiger partial charge in [0.05, 0.1) is 16.8 Å². The van der Waals surface area contributed by atoms with E-state index < -0.39 is 5.91 Å². The number of benzene rings is 2. The quantitative estimate of drug-likeness (QED) is 0.801. The van der Waals surface area contributed by atoms with Crippen molar-refractivity contribution in [3.63, 3.8) is 0 Å². The number of aryl methyl sites for hydroxylation is 1. The number of hydrogen-bond donors (Lipinski definition) is 0. The molecule has 0 unspecified atom stereocenters. The van der Waals surface area contributed by atoms with Gasteiger partial charge < -0.3 is 4.90 Å². The predicted molar refractivity (Wildman–Crippen MR) is 86.8 cm³/mol. The molecule has 0 bridgehead atoms. The summed E-state index contributed by atoms with van der Waals surface area (Å²) in [4.78, 5) is 39.8. The Balaban J connectivity index is 2.03. The van der Waals surface area contributed by atoms with Crippen LogP contribution in [0.1, 0.15) is 36.6 Å². The van der Waals surface area contributed by atoms with Gasteiger partial charge >= 0.3 is 0 Å². The summed E-state index contributed by atoms with van der Waals surface area (Å²) in [7, 11) is 3.28. The summed E-state index contributed by atoms with van der Waals surface area (Å²) in [5.41, 5.74) is 2.56. The Morgan fingerprint density at radius 2 is 1.52 bits per heavy atom. The van der Waals surface area contributed by atoms with Gasteiger partial charge in [-0.2, -0.15) is 0 Å². The average Bonchev–Trinajstić information content (AvgIpc) is 2.78. The highest BCUT2D eigenvalue weighted by atomic mass is 16.2. The van der Waals surface area contributed by atoms with E-state index in [2.05, 4.69) is 0 Å². The Morgan fingerprint density at radius 1 is 0.913 bits per heavy atom. The van der Waals surface area contributed by atoms with Crippen LogP contribution in [0.4, 0.5) is 5.69 Å². The molecule has 0 atom stereocenters. The molecule has 5 nitrogen and oxygen atoms in total. The lowest BCUT2D eigenvalue weighted by atomic mass is 10.1. The van der Waals surface area contributed by atoms with Crippen LogP contribution in [0.3, 0.4) is 0 Å². The van der Waals surface area contributed by atoms with Crippen LogP contribution in [0.2, 0.25) is 0 Å². The van der Waals surface area contributed by atoms with Crippen molar-refractivity contribution in [2.75, 3.05) is 19.0 Å². The lowest BCUT2D eigenvalue weighted by Gasteiger charge is -2.13. The van der Waals surface area contributed by atoms with Gasteiger partial charge in [-0.25, -0.2) is 4.90 Å². The summed E-state index contributed by atoms with van der Waals surface area (Å²) < 4.78 is 0. The lowest BCUT2D eigenvalue weighted by Crippen LogP contribution is -2.29. The predicted octanol–water partition coefficient (Wildman–Crippen LogP) is 2.50. The smallest absolute Gasteiger partial charge is 0.266 e. The molecule has 3 amide bonds. The second-order valence-electron chi connectivity index (χ2n) is 5.74. The number of rotatable bonds is 2. The zero-order chi connectivity index (χ0) is 16.7. The average molecular weight is 308 g/mol. The van der Waals surface area contributed by atoms with Gasteiger partial charge in [-0.3, -0.25) is 14.4 Å². The molecule has 5 heteroatoms. The number of amides is 3. The molecule has 0 N–H and O–H groups in total. The second-order valence-corrected chi connectivity index (χ2v) is 5.74. The fourth-order valence-electron chi connectivity index (χ4n) is 2.56. The van der Waals surface area contributed by atoms with Crippen LogP contribution in [-0.4, -0.2) is 36.7 Å². The number of anilines is 1. The Labute approximate surface area is 134 Å². The molecule has 0 fully saturated rings. The molecule has 0 aromatic heterocycles. The van der Waals surface area contributed by atoms with Crippen LogP contribution in [0.25, 0.3) is 0 Å². The van der Waals surface area contributed by atoms with Crippen molar-refractivity contribution in [3.8, 4) is 0 Å². The summed E-state index contributed by atoms with van der Waals surface area (Å²) in [5.74, 6) is -0.971. The molecule has 116 valence electrons. The van der Waals surface area contributed by atoms with Crippen LogP contribution >= 0.6 is 0 Å². The van der Waals surface area contributed by atoms with Gasteiger partial charge in [-0.05, 0) is 37.3 Å². The van der Waals surface area contributed by atoms with Gasteiger partial charge in [0.15, 0.2) is 0 Å². The number of carbonyl (C=O) groups is 3. The molecule has 3 rings (SSSR count). The van der Waals surface area contributed by atoms with Crippen molar-refractivity contribution in [1.82, 2.24) is 4.90 Å². The highest BCUT2D eigenvalue weighted by molar-refractivity contribution is 6.34. The summed E-state index contributed by atoms with van der Waals surface area (Å²) in [5, 5.41) is 0. The molecule has 0 aliphatic carbocycles. The van der Waals surface area contributed by atoms with Gasteiger partial charge in [-0.1, -0.05) is 17.7 Å². The third kappa shape index (κ3) is 2.40. The summed E-state index contributed by atoms with van der Waals surface area (Å²) in [6, 6.07) is 11.8. The number of nitrogens with zero attached hydrogens (tertiary/aromatic N) is 2. The first-order chi connectivity index (χ1) is 10.9. The van der Waals surface area contributed by atoms with E-state index in [4.69, 9.17) is 0 Å². The molecular formula is C18H16N2O3. The van der Waals surface area contributed by atoms with Crippen LogP contribution in [0.15, 0.2) is 42.5 Å². The second kappa shape index (κ2) is 5.35. The maximum absolute atomic E-state index is 12.6. The molecule has 0 radical (unpaired) electrons. The van der Waals surface area contributed by atoms with E-state index in [0.717, 1.165) is 10.5 Å². The molecule has 23 heavy (non-hydrogen) atoms. The fourth-order valence-corrected chi connectivity index (χ4v) is 2.56. The minimum absolute atomic E-state index is 0.207. The largest absolute Gasteiger partial charge is 0.345 e. The van der Waals surface area contributed by atoms with Gasteiger partial charge in [0.1, 0.15) is 0 Å². The zero-order valence-electron chi connectivity index (χ0n) is 13.2. The van der Waals surface area contributed by atoms with Crippen molar-refractivity contribution >= 4 is 23.4 Å². The number of fused-ring (bicyclic) bond motifs is 1. The van der Waals surface area contributed by atoms with Gasteiger partial charge in [-0.15, -0.1) is 0 Å². The molecule has 2 aromatic rings. The van der Waals surface area contributed by atoms with Gasteiger partial charge in [0.25, 0.3) is 17.7 Å². The van der Waals surface area contributed by atoms with E-state index in [-0.39, 0.29) is 17.4 Å². The summed E-state index contributed by atoms with van der Waals surface area (Å²) in [6.07, 6.45) is 0. The van der Waals surface area contributed by atoms with Crippen LogP contribution < -0.4 is 4.90 Å². The Kier molecular flexibility index (Phi) is 3.48. The van der Waals surface area contributed by atoms with E-state index in [1.807, 2.05) is 19.1 Å². The lowest BCUT2D eigenvalue weighted by molar-refractivity contribution is 0.0827. The summed E-state index contributed by atoms with van der Waals surface area (Å²) in [6.45, 7) is 1.94. The first-order valence-corrected chi connectivity index (χ1v) is 7.21. The molecule has 0 saturated heterocycles. The van der Waals surface area contributed by atoms with Gasteiger partial charge in [0.2, 0.25) is 0 Å². The van der Waals surface area contributed by atoms with Crippen LogP contribution in [-0.2, 0) is 0 Å². The molecule has 2 aromatic carbocycles. The molecular weight excluding hydrogens is 292 g/mol. The van der Waals surface area contributed by atoms with Crippen LogP contribution in [0.5, 0.6) is 0 Å². The number of carbonyl (C=O) groups excluding carboxylic acids is 3. The normalized spacial score (nSPS) is 13.3. The first kappa shape index (κ1) is 15.0. The van der Waals surface area contributed by atoms with Crippen molar-refractivity contribution < 1.29 is 14.4 Å². The number of hydrogen-bond acceptors (Lipinski definition) is 3. The third-order valence-electron chi connectivity index (χ3n) is 3.83. The minimum Gasteiger partial charge on any atom is -0.345 e. The maximum atomic E-state index is 12.6. The molecule has 1 heterocycles. The Hall–Kier alpha value is -2.95. The highest BCUT2D eigenvalue weighted by Gasteiger charge is 2.37. The van der Waals surface area contributed by atoms with Crippen molar-refractivity contribution in [1.29, 1.82) is 0 Å². The van der Waals surface area contributed by atoms with Gasteiger partial charge in [0, 0.05) is 19.7 Å². The Bertz CT molecular complexity index is 823. The highest BCUT2D eigenvalue weighted by Crippen LogP contribution is 2.29. The van der Waals surface area contributed by atoms with E-state index in [1.54, 1.807) is 38.4 Å². The SMILES string of the molecule is Cc1ccc(N2C(=O)c3ccc(C(=O)N(C)C)cc3C2=O)cc1. The van der Waals surface area contributed by atoms with Crippen molar-refractivity contribution in [2.24, 2.45) is 0 Å². The van der Waals surface area contributed by atoms with E-state index in [0.29, 0.717) is 16.8 Å². The monoisotopic (exact) mass is 308 g/mol. The Morgan fingerprint density at radius 3 is 2.13 bits per heavy atom.